The van der Waals surface area contributed by atoms with Gasteiger partial charge in [-0.25, -0.2) is 4.68 Å². The van der Waals surface area contributed by atoms with Gasteiger partial charge in [0.1, 0.15) is 0 Å². The van der Waals surface area contributed by atoms with Crippen LogP contribution in [-0.2, 0) is 11.2 Å². The van der Waals surface area contributed by atoms with E-state index in [-0.39, 0.29) is 18.5 Å². The predicted octanol–water partition coefficient (Wildman–Crippen LogP) is 5.91. The first-order valence-corrected chi connectivity index (χ1v) is 15.5. The number of carbonyl (C=O) groups excluding carboxylic acids is 1. The fourth-order valence-electron chi connectivity index (χ4n) is 6.13. The van der Waals surface area contributed by atoms with Crippen molar-refractivity contribution in [2.75, 3.05) is 39.3 Å². The lowest BCUT2D eigenvalue weighted by Crippen LogP contribution is -2.37. The molecule has 0 spiro atoms. The van der Waals surface area contributed by atoms with Crippen LogP contribution in [0.4, 0.5) is 0 Å². The molecule has 0 saturated carbocycles. The van der Waals surface area contributed by atoms with Crippen LogP contribution in [-0.4, -0.2) is 69.7 Å². The summed E-state index contributed by atoms with van der Waals surface area (Å²) in [5.74, 6) is 0.0289. The molecule has 222 valence electrons. The maximum atomic E-state index is 12.3. The summed E-state index contributed by atoms with van der Waals surface area (Å²) >= 11 is 0. The number of carbonyl (C=O) groups is 1. The molecule has 0 radical (unpaired) electrons. The number of allylic oxidation sites excluding steroid dienone is 2. The summed E-state index contributed by atoms with van der Waals surface area (Å²) in [4.78, 5) is 19.0. The van der Waals surface area contributed by atoms with Crippen molar-refractivity contribution in [3.05, 3.63) is 77.3 Å². The number of hydrogen-bond acceptors (Lipinski definition) is 5. The summed E-state index contributed by atoms with van der Waals surface area (Å²) in [5, 5.41) is 5.13. The maximum absolute atomic E-state index is 12.3. The minimum Gasteiger partial charge on any atom is -0.372 e. The summed E-state index contributed by atoms with van der Waals surface area (Å²) in [7, 11) is 0. The van der Waals surface area contributed by atoms with E-state index in [0.717, 1.165) is 93.3 Å². The molecular formula is C34H50N6O. The van der Waals surface area contributed by atoms with Crippen LogP contribution in [0.1, 0.15) is 86.5 Å². The molecule has 2 aliphatic rings. The fraction of sp³-hybridized carbons (Fsp3) is 0.529. The molecule has 2 saturated heterocycles. The molecule has 1 aromatic carbocycles. The molecule has 4 rings (SSSR count). The summed E-state index contributed by atoms with van der Waals surface area (Å²) in [6, 6.07) is 9.13. The van der Waals surface area contributed by atoms with E-state index in [9.17, 15) is 4.79 Å². The topological polar surface area (TPSA) is 70.6 Å². The molecule has 3 heterocycles. The smallest absolute Gasteiger partial charge is 0.236 e. The van der Waals surface area contributed by atoms with E-state index in [1.807, 2.05) is 4.90 Å². The number of nitrogens with two attached hydrogens (primary N) is 1. The van der Waals surface area contributed by atoms with Gasteiger partial charge in [0.2, 0.25) is 5.91 Å². The highest BCUT2D eigenvalue weighted by molar-refractivity contribution is 5.78. The molecule has 0 bridgehead atoms. The number of rotatable bonds is 13. The fourth-order valence-corrected chi connectivity index (χ4v) is 6.13. The van der Waals surface area contributed by atoms with Gasteiger partial charge >= 0.3 is 0 Å². The Bertz CT molecular complexity index is 1270. The number of benzene rings is 1. The second-order valence-electron chi connectivity index (χ2n) is 11.7. The standard InChI is InChI=1S/C34H50N6O/c1-7-16-38(34(41)24-35)17-10-12-30-15-14-25(2)21-31(30)29(6)39-20-9-8-13-33(39)32-23-28(5)40(36-32)27(4)22-26(3)37-18-11-19-37/h14-15,21-23,33H,3,6-13,16-20,24,35H2,1-2,4-5H3/b27-22-. The van der Waals surface area contributed by atoms with Crippen LogP contribution < -0.4 is 5.73 Å². The third-order valence-electron chi connectivity index (χ3n) is 8.54. The third kappa shape index (κ3) is 7.31. The molecular weight excluding hydrogens is 508 g/mol. The van der Waals surface area contributed by atoms with E-state index in [0.29, 0.717) is 0 Å². The lowest BCUT2D eigenvalue weighted by molar-refractivity contribution is -0.129. The van der Waals surface area contributed by atoms with Crippen molar-refractivity contribution in [1.29, 1.82) is 0 Å². The van der Waals surface area contributed by atoms with Crippen LogP contribution >= 0.6 is 0 Å². The van der Waals surface area contributed by atoms with E-state index < -0.39 is 0 Å². The van der Waals surface area contributed by atoms with Crippen molar-refractivity contribution < 1.29 is 4.79 Å². The average Bonchev–Trinajstić information content (AvgIpc) is 3.32. The largest absolute Gasteiger partial charge is 0.372 e. The Hall–Kier alpha value is -3.32. The number of aromatic nitrogens is 2. The zero-order valence-electron chi connectivity index (χ0n) is 25.8. The van der Waals surface area contributed by atoms with Gasteiger partial charge in [-0.3, -0.25) is 4.79 Å². The lowest BCUT2D eigenvalue weighted by Gasteiger charge is -2.38. The zero-order chi connectivity index (χ0) is 29.5. The van der Waals surface area contributed by atoms with Crippen molar-refractivity contribution in [2.45, 2.75) is 78.7 Å². The van der Waals surface area contributed by atoms with Gasteiger partial charge in [-0.15, -0.1) is 0 Å². The highest BCUT2D eigenvalue weighted by Gasteiger charge is 2.29. The van der Waals surface area contributed by atoms with Crippen molar-refractivity contribution in [3.8, 4) is 0 Å². The molecule has 2 aliphatic heterocycles. The van der Waals surface area contributed by atoms with E-state index >= 15 is 0 Å². The zero-order valence-corrected chi connectivity index (χ0v) is 25.8. The highest BCUT2D eigenvalue weighted by Crippen LogP contribution is 2.37. The van der Waals surface area contributed by atoms with Gasteiger partial charge in [-0.1, -0.05) is 37.8 Å². The normalized spacial score (nSPS) is 17.4. The first-order chi connectivity index (χ1) is 19.7. The van der Waals surface area contributed by atoms with Gasteiger partial charge in [-0.2, -0.15) is 5.10 Å². The highest BCUT2D eigenvalue weighted by atomic mass is 16.2. The summed E-state index contributed by atoms with van der Waals surface area (Å²) in [5.41, 5.74) is 14.9. The number of nitrogens with zero attached hydrogens (tertiary/aromatic N) is 5. The van der Waals surface area contributed by atoms with E-state index in [4.69, 9.17) is 10.8 Å². The molecule has 7 nitrogen and oxygen atoms in total. The van der Waals surface area contributed by atoms with E-state index in [1.165, 1.54) is 29.5 Å². The SMILES string of the molecule is C=C(/C=C(/C)n1nc(C2CCCCN2C(=C)c2cc(C)ccc2CCCN(CCC)C(=O)CN)cc1C)N1CCC1. The Morgan fingerprint density at radius 2 is 1.90 bits per heavy atom. The monoisotopic (exact) mass is 558 g/mol. The molecule has 2 fully saturated rings. The molecule has 2 aromatic rings. The van der Waals surface area contributed by atoms with Gasteiger partial charge in [0.25, 0.3) is 0 Å². The average molecular weight is 559 g/mol. The second-order valence-corrected chi connectivity index (χ2v) is 11.7. The van der Waals surface area contributed by atoms with Crippen molar-refractivity contribution in [2.24, 2.45) is 5.73 Å². The second kappa shape index (κ2) is 14.0. The van der Waals surface area contributed by atoms with Gasteiger partial charge in [0.15, 0.2) is 0 Å². The van der Waals surface area contributed by atoms with Crippen molar-refractivity contribution in [3.63, 3.8) is 0 Å². The van der Waals surface area contributed by atoms with Crippen LogP contribution in [0.15, 0.2) is 49.2 Å². The molecule has 1 unspecified atom stereocenters. The van der Waals surface area contributed by atoms with Gasteiger partial charge in [-0.05, 0) is 89.5 Å². The number of likely N-dealkylation sites (tertiary alicyclic amines) is 2. The van der Waals surface area contributed by atoms with Crippen LogP contribution in [0.2, 0.25) is 0 Å². The van der Waals surface area contributed by atoms with Crippen molar-refractivity contribution in [1.82, 2.24) is 24.5 Å². The molecule has 0 aliphatic carbocycles. The Labute approximate surface area is 247 Å². The molecule has 1 amide bonds. The van der Waals surface area contributed by atoms with Crippen LogP contribution in [0.3, 0.4) is 0 Å². The minimum atomic E-state index is 0.0289. The Kier molecular flexibility index (Phi) is 10.5. The number of amides is 1. The lowest BCUT2D eigenvalue weighted by atomic mass is 9.93. The van der Waals surface area contributed by atoms with Gasteiger partial charge < -0.3 is 20.4 Å². The summed E-state index contributed by atoms with van der Waals surface area (Å²) in [6.07, 6.45) is 9.52. The Balaban J connectivity index is 1.53. The maximum Gasteiger partial charge on any atom is 0.236 e. The molecule has 7 heteroatoms. The third-order valence-corrected chi connectivity index (χ3v) is 8.54. The number of aryl methyl sites for hydroxylation is 3. The van der Waals surface area contributed by atoms with Crippen LogP contribution in [0.5, 0.6) is 0 Å². The molecule has 2 N–H and O–H groups in total. The first-order valence-electron chi connectivity index (χ1n) is 15.5. The van der Waals surface area contributed by atoms with E-state index in [2.05, 4.69) is 85.7 Å². The van der Waals surface area contributed by atoms with Gasteiger partial charge in [0.05, 0.1) is 18.3 Å². The van der Waals surface area contributed by atoms with Gasteiger partial charge in [0, 0.05) is 61.1 Å². The number of hydrogen-bond donors (Lipinski definition) is 1. The molecule has 41 heavy (non-hydrogen) atoms. The molecule has 1 atom stereocenters. The first kappa shape index (κ1) is 30.6. The Morgan fingerprint density at radius 3 is 2.59 bits per heavy atom. The van der Waals surface area contributed by atoms with Crippen LogP contribution in [0, 0.1) is 13.8 Å². The quantitative estimate of drug-likeness (QED) is 0.310. The molecule has 1 aromatic heterocycles. The van der Waals surface area contributed by atoms with E-state index in [1.54, 1.807) is 0 Å². The summed E-state index contributed by atoms with van der Waals surface area (Å²) < 4.78 is 2.07. The Morgan fingerprint density at radius 1 is 1.12 bits per heavy atom. The number of piperidine rings is 1. The van der Waals surface area contributed by atoms with Crippen molar-refractivity contribution >= 4 is 17.3 Å². The van der Waals surface area contributed by atoms with Crippen LogP contribution in [0.25, 0.3) is 11.4 Å². The summed E-state index contributed by atoms with van der Waals surface area (Å²) in [6.45, 7) is 22.1. The minimum absolute atomic E-state index is 0.0289. The predicted molar refractivity (Wildman–Crippen MR) is 170 cm³/mol.